The van der Waals surface area contributed by atoms with Crippen molar-refractivity contribution in [3.8, 4) is 22.6 Å². The summed E-state index contributed by atoms with van der Waals surface area (Å²) in [5, 5.41) is 16.5. The first-order chi connectivity index (χ1) is 17.0. The van der Waals surface area contributed by atoms with Crippen LogP contribution in [0.1, 0.15) is 5.76 Å². The summed E-state index contributed by atoms with van der Waals surface area (Å²) in [4.78, 5) is 23.4. The zero-order chi connectivity index (χ0) is 24.2. The maximum Gasteiger partial charge on any atom is 0.511 e. The Bertz CT molecular complexity index is 1490. The molecule has 2 aromatic heterocycles. The average molecular weight is 469 g/mol. The Morgan fingerprint density at radius 2 is 1.69 bits per heavy atom. The van der Waals surface area contributed by atoms with Gasteiger partial charge in [0.2, 0.25) is 5.82 Å². The Morgan fingerprint density at radius 3 is 2.43 bits per heavy atom. The van der Waals surface area contributed by atoms with Gasteiger partial charge in [0.1, 0.15) is 11.3 Å². The number of aromatic nitrogens is 2. The van der Waals surface area contributed by atoms with Crippen LogP contribution in [0, 0.1) is 0 Å². The van der Waals surface area contributed by atoms with E-state index in [0.717, 1.165) is 16.5 Å². The second-order valence-electron chi connectivity index (χ2n) is 7.52. The minimum Gasteiger partial charge on any atom is -0.457 e. The number of carbonyl (C=O) groups excluding carboxylic acids is 1. The molecule has 0 unspecified atom stereocenters. The predicted octanol–water partition coefficient (Wildman–Crippen LogP) is 6.09. The second kappa shape index (κ2) is 9.44. The lowest BCUT2D eigenvalue weighted by atomic mass is 10.0. The molecule has 5 aromatic rings. The maximum absolute atomic E-state index is 12.4. The number of carboxylic acid groups (broad SMARTS) is 1. The molecule has 3 aromatic carbocycles. The molecule has 0 aliphatic rings. The first-order valence-electron chi connectivity index (χ1n) is 10.6. The molecule has 174 valence electrons. The van der Waals surface area contributed by atoms with Crippen LogP contribution in [0.5, 0.6) is 5.75 Å². The van der Waals surface area contributed by atoms with Crippen LogP contribution in [0.2, 0.25) is 0 Å². The third-order valence-electron chi connectivity index (χ3n) is 5.14. The molecule has 0 bridgehead atoms. The molecule has 0 atom stereocenters. The Morgan fingerprint density at radius 1 is 0.943 bits per heavy atom. The number of hydrogen-bond donors (Lipinski definition) is 2. The lowest BCUT2D eigenvalue weighted by molar-refractivity contribution is 0.142. The fourth-order valence-corrected chi connectivity index (χ4v) is 3.58. The largest absolute Gasteiger partial charge is 0.511 e. The zero-order valence-electron chi connectivity index (χ0n) is 18.3. The highest BCUT2D eigenvalue weighted by molar-refractivity contribution is 5.86. The molecule has 35 heavy (non-hydrogen) atoms. The smallest absolute Gasteiger partial charge is 0.457 e. The van der Waals surface area contributed by atoms with Crippen molar-refractivity contribution in [2.24, 2.45) is 0 Å². The van der Waals surface area contributed by atoms with Crippen molar-refractivity contribution in [3.63, 3.8) is 0 Å². The van der Waals surface area contributed by atoms with Crippen LogP contribution < -0.4 is 10.1 Å². The molecular formula is C26H19N3O6. The van der Waals surface area contributed by atoms with Crippen molar-refractivity contribution in [2.45, 2.75) is 6.61 Å². The molecule has 9 heteroatoms. The number of anilines is 1. The molecule has 0 aliphatic carbocycles. The highest BCUT2D eigenvalue weighted by atomic mass is 16.7. The highest BCUT2D eigenvalue weighted by Crippen LogP contribution is 2.28. The summed E-state index contributed by atoms with van der Waals surface area (Å²) in [5.74, 6) is 0.214. The maximum atomic E-state index is 12.4. The summed E-state index contributed by atoms with van der Waals surface area (Å²) in [7, 11) is 0. The molecule has 0 saturated heterocycles. The van der Waals surface area contributed by atoms with Crippen LogP contribution in [0.3, 0.4) is 0 Å². The van der Waals surface area contributed by atoms with Crippen molar-refractivity contribution in [1.82, 2.24) is 9.78 Å². The predicted molar refractivity (Wildman–Crippen MR) is 128 cm³/mol. The number of nitrogens with zero attached hydrogens (tertiary/aromatic N) is 2. The number of amides is 1. The molecule has 2 N–H and O–H groups in total. The van der Waals surface area contributed by atoms with Gasteiger partial charge >= 0.3 is 12.2 Å². The van der Waals surface area contributed by atoms with Crippen LogP contribution in [-0.4, -0.2) is 27.1 Å². The molecule has 0 aliphatic heterocycles. The first kappa shape index (κ1) is 21.8. The van der Waals surface area contributed by atoms with Gasteiger partial charge in [-0.25, -0.2) is 14.3 Å². The number of nitrogens with one attached hydrogen (secondary N) is 1. The summed E-state index contributed by atoms with van der Waals surface area (Å²) in [6.45, 7) is -0.129. The van der Waals surface area contributed by atoms with Crippen molar-refractivity contribution in [1.29, 1.82) is 0 Å². The summed E-state index contributed by atoms with van der Waals surface area (Å²) in [6, 6.07) is 26.6. The van der Waals surface area contributed by atoms with Crippen molar-refractivity contribution < 1.29 is 28.6 Å². The van der Waals surface area contributed by atoms with Crippen molar-refractivity contribution in [2.75, 3.05) is 5.32 Å². The summed E-state index contributed by atoms with van der Waals surface area (Å²) >= 11 is 0. The number of ether oxygens (including phenoxy) is 2. The van der Waals surface area contributed by atoms with Gasteiger partial charge in [0, 0.05) is 5.39 Å². The molecular weight excluding hydrogens is 450 g/mol. The van der Waals surface area contributed by atoms with E-state index in [1.54, 1.807) is 30.3 Å². The molecule has 2 heterocycles. The minimum atomic E-state index is -1.54. The Hall–Kier alpha value is -5.05. The number of fused-ring (bicyclic) bond motifs is 1. The first-order valence-corrected chi connectivity index (χ1v) is 10.6. The van der Waals surface area contributed by atoms with E-state index >= 15 is 0 Å². The number of furan rings is 1. The van der Waals surface area contributed by atoms with Gasteiger partial charge in [0.05, 0.1) is 11.9 Å². The SMILES string of the molecule is O=C(O)Oc1cn(-c2ccccc2)nc1NC(=O)OCc1cc2cc(-c3ccccc3)ccc2o1. The van der Waals surface area contributed by atoms with E-state index in [1.165, 1.54) is 10.9 Å². The molecule has 0 saturated carbocycles. The number of benzene rings is 3. The topological polar surface area (TPSA) is 116 Å². The highest BCUT2D eigenvalue weighted by Gasteiger charge is 2.18. The van der Waals surface area contributed by atoms with E-state index < -0.39 is 12.2 Å². The second-order valence-corrected chi connectivity index (χ2v) is 7.52. The molecule has 0 spiro atoms. The third kappa shape index (κ3) is 4.98. The van der Waals surface area contributed by atoms with Crippen LogP contribution in [0.25, 0.3) is 27.8 Å². The van der Waals surface area contributed by atoms with Crippen LogP contribution in [-0.2, 0) is 11.3 Å². The van der Waals surface area contributed by atoms with E-state index in [0.29, 0.717) is 17.0 Å². The van der Waals surface area contributed by atoms with Crippen LogP contribution >= 0.6 is 0 Å². The Labute approximate surface area is 199 Å². The summed E-state index contributed by atoms with van der Waals surface area (Å²) < 4.78 is 17.2. The standard InChI is InChI=1S/C26H19N3O6/c30-25(27-24-23(35-26(31)32)15-29(28-24)20-9-5-2-6-10-20)33-16-21-14-19-13-18(11-12-22(19)34-21)17-7-3-1-4-8-17/h1-15H,16H2,(H,31,32)(H,27,28,30). The summed E-state index contributed by atoms with van der Waals surface area (Å²) in [5.41, 5.74) is 3.45. The van der Waals surface area contributed by atoms with Gasteiger partial charge in [-0.2, -0.15) is 0 Å². The van der Waals surface area contributed by atoms with Crippen molar-refractivity contribution in [3.05, 3.63) is 96.9 Å². The van der Waals surface area contributed by atoms with E-state index in [-0.39, 0.29) is 18.2 Å². The normalized spacial score (nSPS) is 10.7. The fraction of sp³-hybridized carbons (Fsp3) is 0.0385. The Balaban J connectivity index is 1.28. The van der Waals surface area contributed by atoms with Gasteiger partial charge in [0.25, 0.3) is 0 Å². The number of carbonyl (C=O) groups is 2. The van der Waals surface area contributed by atoms with Gasteiger partial charge in [-0.1, -0.05) is 54.6 Å². The molecule has 9 nitrogen and oxygen atoms in total. The molecule has 5 rings (SSSR count). The van der Waals surface area contributed by atoms with E-state index in [2.05, 4.69) is 10.4 Å². The summed E-state index contributed by atoms with van der Waals surface area (Å²) in [6.07, 6.45) is -1.03. The van der Waals surface area contributed by atoms with E-state index in [9.17, 15) is 9.59 Å². The average Bonchev–Trinajstić information content (AvgIpc) is 3.46. The van der Waals surface area contributed by atoms with Gasteiger partial charge in [0.15, 0.2) is 12.4 Å². The zero-order valence-corrected chi connectivity index (χ0v) is 18.3. The van der Waals surface area contributed by atoms with E-state index in [1.807, 2.05) is 54.6 Å². The molecule has 0 radical (unpaired) electrons. The third-order valence-corrected chi connectivity index (χ3v) is 5.14. The molecule has 1 amide bonds. The van der Waals surface area contributed by atoms with Crippen molar-refractivity contribution >= 4 is 29.0 Å². The van der Waals surface area contributed by atoms with E-state index in [4.69, 9.17) is 19.0 Å². The number of rotatable bonds is 6. The Kier molecular flexibility index (Phi) is 5.87. The fourth-order valence-electron chi connectivity index (χ4n) is 3.58. The quantitative estimate of drug-likeness (QED) is 0.289. The minimum absolute atomic E-state index is 0.0987. The van der Waals surface area contributed by atoms with Crippen LogP contribution in [0.4, 0.5) is 15.4 Å². The van der Waals surface area contributed by atoms with Crippen LogP contribution in [0.15, 0.2) is 95.5 Å². The monoisotopic (exact) mass is 469 g/mol. The van der Waals surface area contributed by atoms with Gasteiger partial charge < -0.3 is 19.0 Å². The number of hydrogen-bond acceptors (Lipinski definition) is 6. The molecule has 0 fully saturated rings. The van der Waals surface area contributed by atoms with Gasteiger partial charge in [-0.15, -0.1) is 5.10 Å². The number of para-hydroxylation sites is 1. The van der Waals surface area contributed by atoms with Gasteiger partial charge in [-0.05, 0) is 41.5 Å². The lowest BCUT2D eigenvalue weighted by Crippen LogP contribution is -2.15. The lowest BCUT2D eigenvalue weighted by Gasteiger charge is -2.04. The van der Waals surface area contributed by atoms with Gasteiger partial charge in [-0.3, -0.25) is 5.32 Å².